The molecule has 0 aliphatic rings. The van der Waals surface area contributed by atoms with Crippen molar-refractivity contribution in [3.05, 3.63) is 48.5 Å². The molecule has 0 bridgehead atoms. The summed E-state index contributed by atoms with van der Waals surface area (Å²) < 4.78 is 39.9. The number of ether oxygens (including phenoxy) is 1. The van der Waals surface area contributed by atoms with Gasteiger partial charge >= 0.3 is 6.36 Å². The minimum Gasteiger partial charge on any atom is -0.406 e. The molecule has 0 spiro atoms. The lowest BCUT2D eigenvalue weighted by atomic mass is 10.2. The fraction of sp³-hybridized carbons (Fsp3) is 0.154. The van der Waals surface area contributed by atoms with Crippen molar-refractivity contribution >= 4 is 24.0 Å². The smallest absolute Gasteiger partial charge is 0.406 e. The Morgan fingerprint density at radius 2 is 1.68 bits per heavy atom. The van der Waals surface area contributed by atoms with E-state index in [1.54, 1.807) is 6.07 Å². The van der Waals surface area contributed by atoms with Gasteiger partial charge in [-0.1, -0.05) is 0 Å². The zero-order valence-corrected chi connectivity index (χ0v) is 12.1. The van der Waals surface area contributed by atoms with Gasteiger partial charge in [-0.25, -0.2) is 9.97 Å². The Morgan fingerprint density at radius 3 is 2.18 bits per heavy atom. The van der Waals surface area contributed by atoms with E-state index in [1.807, 2.05) is 0 Å². The zero-order valence-electron chi connectivity index (χ0n) is 11.2. The van der Waals surface area contributed by atoms with Crippen LogP contribution in [-0.2, 0) is 0 Å². The number of carbonyl (C=O) groups excluding carboxylic acids is 1. The van der Waals surface area contributed by atoms with Gasteiger partial charge in [-0.15, -0.1) is 25.6 Å². The van der Waals surface area contributed by atoms with Gasteiger partial charge in [0.25, 0.3) is 5.91 Å². The predicted octanol–water partition coefficient (Wildman–Crippen LogP) is 3.07. The first-order valence-electron chi connectivity index (χ1n) is 5.78. The van der Waals surface area contributed by atoms with Gasteiger partial charge in [0.05, 0.1) is 0 Å². The molecule has 1 aromatic carbocycles. The Morgan fingerprint density at radius 1 is 1.14 bits per heavy atom. The summed E-state index contributed by atoms with van der Waals surface area (Å²) >= 11 is 0. The van der Waals surface area contributed by atoms with E-state index in [0.717, 1.165) is 12.1 Å². The van der Waals surface area contributed by atoms with E-state index >= 15 is 0 Å². The number of aromatic nitrogens is 2. The quantitative estimate of drug-likeness (QED) is 0.866. The number of hydrogen-bond acceptors (Lipinski definition) is 4. The van der Waals surface area contributed by atoms with E-state index in [1.165, 1.54) is 36.5 Å². The van der Waals surface area contributed by atoms with Crippen molar-refractivity contribution < 1.29 is 22.7 Å². The van der Waals surface area contributed by atoms with Crippen LogP contribution in [-0.4, -0.2) is 29.3 Å². The molecule has 2 aromatic rings. The molecule has 0 aliphatic heterocycles. The molecule has 9 heteroatoms. The van der Waals surface area contributed by atoms with Crippen LogP contribution in [0.3, 0.4) is 0 Å². The van der Waals surface area contributed by atoms with Crippen LogP contribution in [0, 0.1) is 0 Å². The normalized spacial score (nSPS) is 10.5. The van der Waals surface area contributed by atoms with Gasteiger partial charge in [0.2, 0.25) is 5.82 Å². The Labute approximate surface area is 130 Å². The van der Waals surface area contributed by atoms with Gasteiger partial charge in [0.15, 0.2) is 0 Å². The second-order valence-corrected chi connectivity index (χ2v) is 3.98. The number of anilines is 1. The summed E-state index contributed by atoms with van der Waals surface area (Å²) in [5.41, 5.74) is 0.391. The van der Waals surface area contributed by atoms with E-state index in [-0.39, 0.29) is 24.0 Å². The molecule has 118 valence electrons. The standard InChI is InChI=1S/C13H10F3N3O2.ClH/c1-19(12(20)11-17-7-2-8-18-11)9-3-5-10(6-4-9)21-13(14,15)16;/h2-8H,1H3;1H. The van der Waals surface area contributed by atoms with E-state index in [2.05, 4.69) is 14.7 Å². The zero-order chi connectivity index (χ0) is 15.5. The topological polar surface area (TPSA) is 55.3 Å². The van der Waals surface area contributed by atoms with Crippen LogP contribution in [0.15, 0.2) is 42.7 Å². The van der Waals surface area contributed by atoms with Crippen molar-refractivity contribution in [1.29, 1.82) is 0 Å². The Bertz CT molecular complexity index is 621. The third kappa shape index (κ3) is 4.59. The van der Waals surface area contributed by atoms with Gasteiger partial charge in [-0.3, -0.25) is 4.79 Å². The second-order valence-electron chi connectivity index (χ2n) is 3.98. The van der Waals surface area contributed by atoms with Crippen LogP contribution in [0.5, 0.6) is 5.75 Å². The Hall–Kier alpha value is -2.35. The molecule has 0 saturated carbocycles. The molecule has 0 unspecified atom stereocenters. The molecule has 0 fully saturated rings. The van der Waals surface area contributed by atoms with E-state index < -0.39 is 12.3 Å². The molecule has 2 rings (SSSR count). The minimum absolute atomic E-state index is 0. The van der Waals surface area contributed by atoms with Crippen LogP contribution in [0.25, 0.3) is 0 Å². The molecule has 0 aliphatic carbocycles. The number of nitrogens with zero attached hydrogens (tertiary/aromatic N) is 3. The fourth-order valence-corrected chi connectivity index (χ4v) is 1.55. The largest absolute Gasteiger partial charge is 0.573 e. The maximum absolute atomic E-state index is 12.0. The first-order valence-corrected chi connectivity index (χ1v) is 5.78. The number of carbonyl (C=O) groups is 1. The predicted molar refractivity (Wildman–Crippen MR) is 75.1 cm³/mol. The highest BCUT2D eigenvalue weighted by molar-refractivity contribution is 6.03. The third-order valence-electron chi connectivity index (χ3n) is 2.52. The molecular formula is C13H11ClF3N3O2. The van der Waals surface area contributed by atoms with Gasteiger partial charge in [0, 0.05) is 25.1 Å². The fourth-order valence-electron chi connectivity index (χ4n) is 1.55. The number of benzene rings is 1. The monoisotopic (exact) mass is 333 g/mol. The number of hydrogen-bond donors (Lipinski definition) is 0. The van der Waals surface area contributed by atoms with Crippen LogP contribution in [0.1, 0.15) is 10.6 Å². The SMILES string of the molecule is CN(C(=O)c1ncccn1)c1ccc(OC(F)(F)F)cc1.Cl. The van der Waals surface area contributed by atoms with Gasteiger partial charge < -0.3 is 9.64 Å². The summed E-state index contributed by atoms with van der Waals surface area (Å²) in [6.07, 6.45) is -1.90. The van der Waals surface area contributed by atoms with Crippen LogP contribution in [0.2, 0.25) is 0 Å². The molecule has 0 N–H and O–H groups in total. The summed E-state index contributed by atoms with van der Waals surface area (Å²) in [6, 6.07) is 6.49. The lowest BCUT2D eigenvalue weighted by Gasteiger charge is -2.17. The van der Waals surface area contributed by atoms with Crippen LogP contribution >= 0.6 is 12.4 Å². The molecular weight excluding hydrogens is 323 g/mol. The van der Waals surface area contributed by atoms with Gasteiger partial charge in [-0.05, 0) is 30.3 Å². The van der Waals surface area contributed by atoms with Gasteiger partial charge in [0.1, 0.15) is 5.75 Å². The van der Waals surface area contributed by atoms with Crippen molar-refractivity contribution in [2.75, 3.05) is 11.9 Å². The number of alkyl halides is 3. The van der Waals surface area contributed by atoms with Crippen LogP contribution in [0.4, 0.5) is 18.9 Å². The highest BCUT2D eigenvalue weighted by Crippen LogP contribution is 2.25. The lowest BCUT2D eigenvalue weighted by Crippen LogP contribution is -2.27. The summed E-state index contributed by atoms with van der Waals surface area (Å²) in [5.74, 6) is -0.834. The summed E-state index contributed by atoms with van der Waals surface area (Å²) in [5, 5.41) is 0. The lowest BCUT2D eigenvalue weighted by molar-refractivity contribution is -0.274. The van der Waals surface area contributed by atoms with Crippen molar-refractivity contribution in [2.45, 2.75) is 6.36 Å². The summed E-state index contributed by atoms with van der Waals surface area (Å²) in [4.78, 5) is 20.9. The highest BCUT2D eigenvalue weighted by Gasteiger charge is 2.31. The maximum Gasteiger partial charge on any atom is 0.573 e. The summed E-state index contributed by atoms with van der Waals surface area (Å²) in [6.45, 7) is 0. The van der Waals surface area contributed by atoms with Crippen LogP contribution < -0.4 is 9.64 Å². The second kappa shape index (κ2) is 7.08. The first kappa shape index (κ1) is 17.7. The van der Waals surface area contributed by atoms with Crippen molar-refractivity contribution in [3.63, 3.8) is 0 Å². The molecule has 1 aromatic heterocycles. The molecule has 0 radical (unpaired) electrons. The molecule has 5 nitrogen and oxygen atoms in total. The van der Waals surface area contributed by atoms with E-state index in [4.69, 9.17) is 0 Å². The maximum atomic E-state index is 12.0. The van der Waals surface area contributed by atoms with Crippen molar-refractivity contribution in [1.82, 2.24) is 9.97 Å². The van der Waals surface area contributed by atoms with Crippen molar-refractivity contribution in [3.8, 4) is 5.75 Å². The first-order chi connectivity index (χ1) is 9.87. The van der Waals surface area contributed by atoms with Gasteiger partial charge in [-0.2, -0.15) is 0 Å². The average molecular weight is 334 g/mol. The summed E-state index contributed by atoms with van der Waals surface area (Å²) in [7, 11) is 1.47. The molecule has 0 saturated heterocycles. The number of halogens is 4. The molecule has 1 amide bonds. The van der Waals surface area contributed by atoms with E-state index in [9.17, 15) is 18.0 Å². The van der Waals surface area contributed by atoms with E-state index in [0.29, 0.717) is 5.69 Å². The molecule has 1 heterocycles. The Balaban J connectivity index is 0.00000242. The number of amides is 1. The van der Waals surface area contributed by atoms with Crippen molar-refractivity contribution in [2.24, 2.45) is 0 Å². The highest BCUT2D eigenvalue weighted by atomic mass is 35.5. The average Bonchev–Trinajstić information content (AvgIpc) is 2.46. The Kier molecular flexibility index (Phi) is 5.69. The molecule has 0 atom stereocenters. The minimum atomic E-state index is -4.75. The number of rotatable bonds is 3. The molecule has 22 heavy (non-hydrogen) atoms. The third-order valence-corrected chi connectivity index (χ3v) is 2.52.